The van der Waals surface area contributed by atoms with E-state index in [2.05, 4.69) is 43.0 Å². The van der Waals surface area contributed by atoms with Crippen LogP contribution in [0.25, 0.3) is 11.4 Å². The number of methoxy groups -OCH3 is 1. The highest BCUT2D eigenvalue weighted by molar-refractivity contribution is 5.80. The van der Waals surface area contributed by atoms with E-state index in [4.69, 9.17) is 4.74 Å². The summed E-state index contributed by atoms with van der Waals surface area (Å²) < 4.78 is 5.16. The summed E-state index contributed by atoms with van der Waals surface area (Å²) in [4.78, 5) is 8.75. The van der Waals surface area contributed by atoms with E-state index in [0.717, 1.165) is 35.9 Å². The quantitative estimate of drug-likeness (QED) is 0.443. The van der Waals surface area contributed by atoms with E-state index in [1.165, 1.54) is 0 Å². The lowest BCUT2D eigenvalue weighted by Crippen LogP contribution is -2.42. The molecule has 0 saturated heterocycles. The van der Waals surface area contributed by atoms with Gasteiger partial charge in [0.1, 0.15) is 11.6 Å². The predicted octanol–water partition coefficient (Wildman–Crippen LogP) is 1.86. The van der Waals surface area contributed by atoms with E-state index in [0.29, 0.717) is 18.4 Å². The number of benzene rings is 1. The van der Waals surface area contributed by atoms with Crippen LogP contribution in [-0.2, 0) is 6.54 Å². The molecule has 0 spiro atoms. The molecular formula is C17H22N6O. The van der Waals surface area contributed by atoms with Crippen LogP contribution in [-0.4, -0.2) is 41.3 Å². The van der Waals surface area contributed by atoms with Crippen LogP contribution in [0.1, 0.15) is 18.7 Å². The number of nitrogens with zero attached hydrogens (tertiary/aromatic N) is 3. The molecule has 1 aliphatic rings. The van der Waals surface area contributed by atoms with Crippen molar-refractivity contribution in [2.75, 3.05) is 14.2 Å². The summed E-state index contributed by atoms with van der Waals surface area (Å²) in [6, 6.07) is 8.08. The predicted molar refractivity (Wildman–Crippen MR) is 93.9 cm³/mol. The average Bonchev–Trinajstić information content (AvgIpc) is 3.30. The topological polar surface area (TPSA) is 87.2 Å². The molecule has 24 heavy (non-hydrogen) atoms. The Morgan fingerprint density at radius 3 is 2.71 bits per heavy atom. The van der Waals surface area contributed by atoms with Gasteiger partial charge in [0.15, 0.2) is 11.8 Å². The number of aromatic nitrogens is 3. The summed E-state index contributed by atoms with van der Waals surface area (Å²) in [5, 5.41) is 13.9. The highest BCUT2D eigenvalue weighted by atomic mass is 16.5. The van der Waals surface area contributed by atoms with Gasteiger partial charge in [-0.2, -0.15) is 5.10 Å². The Hall–Kier alpha value is -2.83. The Morgan fingerprint density at radius 1 is 1.29 bits per heavy atom. The van der Waals surface area contributed by atoms with E-state index >= 15 is 0 Å². The number of hydrogen-bond donors (Lipinski definition) is 3. The average molecular weight is 326 g/mol. The summed E-state index contributed by atoms with van der Waals surface area (Å²) in [6.45, 7) is 0.531. The fraction of sp³-hybridized carbons (Fsp3) is 0.353. The largest absolute Gasteiger partial charge is 0.497 e. The van der Waals surface area contributed by atoms with E-state index < -0.39 is 0 Å². The first kappa shape index (κ1) is 16.0. The third-order valence-corrected chi connectivity index (χ3v) is 3.88. The van der Waals surface area contributed by atoms with Gasteiger partial charge in [-0.25, -0.2) is 4.98 Å². The smallest absolute Gasteiger partial charge is 0.191 e. The van der Waals surface area contributed by atoms with Crippen molar-refractivity contribution in [1.29, 1.82) is 0 Å². The second-order valence-corrected chi connectivity index (χ2v) is 5.54. The van der Waals surface area contributed by atoms with Crippen LogP contribution in [0, 0.1) is 0 Å². The van der Waals surface area contributed by atoms with Gasteiger partial charge in [-0.1, -0.05) is 12.2 Å². The van der Waals surface area contributed by atoms with Crippen molar-refractivity contribution in [1.82, 2.24) is 25.8 Å². The Kier molecular flexibility index (Phi) is 5.10. The SMILES string of the molecule is CN=C(NCc1nc(-c2ccc(OC)cc2)n[nH]1)NC1CC=CC1. The fourth-order valence-corrected chi connectivity index (χ4v) is 2.53. The van der Waals surface area contributed by atoms with Crippen LogP contribution in [0.3, 0.4) is 0 Å². The molecule has 7 heteroatoms. The van der Waals surface area contributed by atoms with Gasteiger partial charge >= 0.3 is 0 Å². The Balaban J connectivity index is 1.56. The third kappa shape index (κ3) is 3.92. The van der Waals surface area contributed by atoms with Crippen LogP contribution in [0.5, 0.6) is 5.75 Å². The molecule has 3 N–H and O–H groups in total. The maximum Gasteiger partial charge on any atom is 0.191 e. The summed E-state index contributed by atoms with van der Waals surface area (Å²) in [5.74, 6) is 3.00. The van der Waals surface area contributed by atoms with E-state index in [1.54, 1.807) is 14.2 Å². The lowest BCUT2D eigenvalue weighted by Gasteiger charge is -2.16. The summed E-state index contributed by atoms with van der Waals surface area (Å²) >= 11 is 0. The molecule has 0 saturated carbocycles. The Bertz CT molecular complexity index is 711. The first-order chi connectivity index (χ1) is 11.8. The normalized spacial score (nSPS) is 14.8. The van der Waals surface area contributed by atoms with Crippen molar-refractivity contribution in [2.24, 2.45) is 4.99 Å². The first-order valence-corrected chi connectivity index (χ1v) is 7.96. The molecular weight excluding hydrogens is 304 g/mol. The number of guanidine groups is 1. The lowest BCUT2D eigenvalue weighted by molar-refractivity contribution is 0.415. The molecule has 1 aliphatic carbocycles. The van der Waals surface area contributed by atoms with Crippen molar-refractivity contribution >= 4 is 5.96 Å². The highest BCUT2D eigenvalue weighted by Gasteiger charge is 2.12. The van der Waals surface area contributed by atoms with Gasteiger partial charge in [0, 0.05) is 18.7 Å². The van der Waals surface area contributed by atoms with Crippen LogP contribution in [0.15, 0.2) is 41.4 Å². The molecule has 3 rings (SSSR count). The zero-order valence-electron chi connectivity index (χ0n) is 13.9. The van der Waals surface area contributed by atoms with Gasteiger partial charge in [0.25, 0.3) is 0 Å². The molecule has 0 radical (unpaired) electrons. The molecule has 1 aromatic carbocycles. The molecule has 126 valence electrons. The van der Waals surface area contributed by atoms with Crippen LogP contribution in [0.2, 0.25) is 0 Å². The van der Waals surface area contributed by atoms with Crippen LogP contribution >= 0.6 is 0 Å². The number of rotatable bonds is 5. The minimum absolute atomic E-state index is 0.417. The van der Waals surface area contributed by atoms with Crippen LogP contribution < -0.4 is 15.4 Å². The van der Waals surface area contributed by atoms with Gasteiger partial charge in [-0.3, -0.25) is 10.1 Å². The molecule has 1 heterocycles. The third-order valence-electron chi connectivity index (χ3n) is 3.88. The maximum absolute atomic E-state index is 5.16. The van der Waals surface area contributed by atoms with Crippen molar-refractivity contribution in [3.8, 4) is 17.1 Å². The molecule has 2 aromatic rings. The first-order valence-electron chi connectivity index (χ1n) is 7.96. The number of nitrogens with one attached hydrogen (secondary N) is 3. The van der Waals surface area contributed by atoms with Crippen LogP contribution in [0.4, 0.5) is 0 Å². The summed E-state index contributed by atoms with van der Waals surface area (Å²) in [6.07, 6.45) is 6.43. The zero-order chi connectivity index (χ0) is 16.8. The number of ether oxygens (including phenoxy) is 1. The van der Waals surface area contributed by atoms with Gasteiger partial charge in [-0.05, 0) is 37.1 Å². The molecule has 0 unspecified atom stereocenters. The Morgan fingerprint density at radius 2 is 2.04 bits per heavy atom. The summed E-state index contributed by atoms with van der Waals surface area (Å²) in [5.41, 5.74) is 0.942. The number of aromatic amines is 1. The van der Waals surface area contributed by atoms with Gasteiger partial charge in [-0.15, -0.1) is 0 Å². The minimum Gasteiger partial charge on any atom is -0.497 e. The van der Waals surface area contributed by atoms with E-state index in [1.807, 2.05) is 24.3 Å². The van der Waals surface area contributed by atoms with Crippen molar-refractivity contribution in [2.45, 2.75) is 25.4 Å². The molecule has 0 aliphatic heterocycles. The van der Waals surface area contributed by atoms with Crippen molar-refractivity contribution < 1.29 is 4.74 Å². The Labute approximate surface area is 141 Å². The number of aliphatic imine (C=N–C) groups is 1. The van der Waals surface area contributed by atoms with Crippen molar-refractivity contribution in [3.05, 3.63) is 42.2 Å². The molecule has 0 bridgehead atoms. The van der Waals surface area contributed by atoms with Crippen molar-refractivity contribution in [3.63, 3.8) is 0 Å². The van der Waals surface area contributed by atoms with Gasteiger partial charge in [0.05, 0.1) is 13.7 Å². The number of hydrogen-bond acceptors (Lipinski definition) is 4. The van der Waals surface area contributed by atoms with E-state index in [-0.39, 0.29) is 0 Å². The standard InChI is InChI=1S/C17H22N6O/c1-18-17(20-13-5-3-4-6-13)19-11-15-21-16(23-22-15)12-7-9-14(24-2)10-8-12/h3-4,7-10,13H,5-6,11H2,1-2H3,(H2,18,19,20)(H,21,22,23). The minimum atomic E-state index is 0.417. The lowest BCUT2D eigenvalue weighted by atomic mass is 10.2. The molecule has 1 aromatic heterocycles. The molecule has 0 amide bonds. The molecule has 0 fully saturated rings. The number of H-pyrrole nitrogens is 1. The monoisotopic (exact) mass is 326 g/mol. The maximum atomic E-state index is 5.16. The molecule has 7 nitrogen and oxygen atoms in total. The second kappa shape index (κ2) is 7.63. The zero-order valence-corrected chi connectivity index (χ0v) is 13.9. The second-order valence-electron chi connectivity index (χ2n) is 5.54. The van der Waals surface area contributed by atoms with Gasteiger partial charge < -0.3 is 15.4 Å². The van der Waals surface area contributed by atoms with Gasteiger partial charge in [0.2, 0.25) is 0 Å². The summed E-state index contributed by atoms with van der Waals surface area (Å²) in [7, 11) is 3.41. The molecule has 0 atom stereocenters. The fourth-order valence-electron chi connectivity index (χ4n) is 2.53. The highest BCUT2D eigenvalue weighted by Crippen LogP contribution is 2.18. The van der Waals surface area contributed by atoms with E-state index in [9.17, 15) is 0 Å².